The lowest BCUT2D eigenvalue weighted by molar-refractivity contribution is -0.138. The summed E-state index contributed by atoms with van der Waals surface area (Å²) >= 11 is 0. The van der Waals surface area contributed by atoms with Gasteiger partial charge < -0.3 is 10.6 Å². The van der Waals surface area contributed by atoms with Gasteiger partial charge in [0.1, 0.15) is 0 Å². The number of carbonyl (C=O) groups is 1. The van der Waals surface area contributed by atoms with Crippen molar-refractivity contribution in [2.45, 2.75) is 38.9 Å². The minimum absolute atomic E-state index is 0.0865. The van der Waals surface area contributed by atoms with Gasteiger partial charge in [-0.25, -0.2) is 0 Å². The first kappa shape index (κ1) is 17.1. The molecule has 1 heterocycles. The van der Waals surface area contributed by atoms with Crippen LogP contribution in [0.5, 0.6) is 0 Å². The number of carbonyl (C=O) groups excluding carboxylic acids is 1. The molecule has 2 rings (SSSR count). The zero-order valence-corrected chi connectivity index (χ0v) is 12.9. The maximum Gasteiger partial charge on any atom is 0.418 e. The van der Waals surface area contributed by atoms with Gasteiger partial charge in [-0.05, 0) is 36.5 Å². The smallest absolute Gasteiger partial charge is 0.368 e. The van der Waals surface area contributed by atoms with Crippen molar-refractivity contribution in [3.63, 3.8) is 0 Å². The number of rotatable bonds is 4. The number of nitrogens with two attached hydrogens (primary N) is 1. The van der Waals surface area contributed by atoms with Crippen LogP contribution < -0.4 is 10.6 Å². The Kier molecular flexibility index (Phi) is 4.55. The highest BCUT2D eigenvalue weighted by Crippen LogP contribution is 2.44. The highest BCUT2D eigenvalue weighted by atomic mass is 19.4. The quantitative estimate of drug-likeness (QED) is 0.925. The van der Waals surface area contributed by atoms with E-state index in [9.17, 15) is 18.0 Å². The molecule has 0 spiro atoms. The van der Waals surface area contributed by atoms with Gasteiger partial charge in [0.05, 0.1) is 23.7 Å². The average molecular weight is 325 g/mol. The molecule has 0 fully saturated rings. The number of hydrogen-bond donors (Lipinski definition) is 1. The summed E-state index contributed by atoms with van der Waals surface area (Å²) in [6, 6.07) is 4.02. The second kappa shape index (κ2) is 6.11. The normalized spacial score (nSPS) is 17.3. The highest BCUT2D eigenvalue weighted by molar-refractivity contribution is 5.81. The number of primary amides is 1. The Bertz CT molecular complexity index is 662. The molecule has 1 aromatic rings. The summed E-state index contributed by atoms with van der Waals surface area (Å²) in [5, 5.41) is 9.00. The minimum atomic E-state index is -4.61. The van der Waals surface area contributed by atoms with E-state index in [1.165, 1.54) is 6.07 Å². The zero-order chi connectivity index (χ0) is 17.4. The molecule has 23 heavy (non-hydrogen) atoms. The average Bonchev–Trinajstić information content (AvgIpc) is 2.72. The number of amides is 1. The van der Waals surface area contributed by atoms with Gasteiger partial charge in [0.15, 0.2) is 0 Å². The van der Waals surface area contributed by atoms with E-state index in [1.54, 1.807) is 11.0 Å². The summed E-state index contributed by atoms with van der Waals surface area (Å²) in [5.41, 5.74) is 4.40. The van der Waals surface area contributed by atoms with Crippen LogP contribution >= 0.6 is 0 Å². The molecule has 0 saturated heterocycles. The first-order valence-electron chi connectivity index (χ1n) is 7.33. The monoisotopic (exact) mass is 325 g/mol. The third-order valence-electron chi connectivity index (χ3n) is 3.95. The second-order valence-electron chi connectivity index (χ2n) is 6.18. The van der Waals surface area contributed by atoms with Crippen molar-refractivity contribution in [2.75, 3.05) is 11.4 Å². The van der Waals surface area contributed by atoms with E-state index in [0.717, 1.165) is 6.07 Å². The Balaban J connectivity index is 2.57. The lowest BCUT2D eigenvalue weighted by Gasteiger charge is -2.27. The van der Waals surface area contributed by atoms with Crippen molar-refractivity contribution >= 4 is 11.6 Å². The van der Waals surface area contributed by atoms with Gasteiger partial charge >= 0.3 is 6.18 Å². The molecular formula is C16H18F3N3O. The van der Waals surface area contributed by atoms with Crippen LogP contribution in [0.4, 0.5) is 18.9 Å². The standard InChI is InChI=1S/C16H18F3N3O/c1-9(2)5-11-6-12-13(22(11)8-14(21)23)4-3-10(7-20)15(12)16(17,18)19/h3-4,9,11H,5-6,8H2,1-2H3,(H2,21,23). The number of hydrogen-bond acceptors (Lipinski definition) is 3. The molecule has 0 radical (unpaired) electrons. The van der Waals surface area contributed by atoms with Gasteiger partial charge in [-0.15, -0.1) is 0 Å². The molecule has 1 aliphatic heterocycles. The van der Waals surface area contributed by atoms with E-state index < -0.39 is 17.6 Å². The lowest BCUT2D eigenvalue weighted by atomic mass is 9.95. The van der Waals surface area contributed by atoms with Gasteiger partial charge in [-0.2, -0.15) is 18.4 Å². The van der Waals surface area contributed by atoms with Crippen molar-refractivity contribution < 1.29 is 18.0 Å². The number of fused-ring (bicyclic) bond motifs is 1. The molecule has 4 nitrogen and oxygen atoms in total. The maximum atomic E-state index is 13.4. The van der Waals surface area contributed by atoms with Crippen LogP contribution in [0.15, 0.2) is 12.1 Å². The van der Waals surface area contributed by atoms with Gasteiger partial charge in [0, 0.05) is 11.7 Å². The number of benzene rings is 1. The Morgan fingerprint density at radius 3 is 2.61 bits per heavy atom. The van der Waals surface area contributed by atoms with Crippen LogP contribution in [0.3, 0.4) is 0 Å². The number of anilines is 1. The molecule has 0 aliphatic carbocycles. The Morgan fingerprint density at radius 1 is 1.48 bits per heavy atom. The molecular weight excluding hydrogens is 307 g/mol. The molecule has 1 atom stereocenters. The predicted molar refractivity (Wildman–Crippen MR) is 79.6 cm³/mol. The van der Waals surface area contributed by atoms with Crippen LogP contribution in [-0.4, -0.2) is 18.5 Å². The Labute approximate surface area is 132 Å². The van der Waals surface area contributed by atoms with Gasteiger partial charge in [0.2, 0.25) is 5.91 Å². The molecule has 1 unspecified atom stereocenters. The summed E-state index contributed by atoms with van der Waals surface area (Å²) in [5.74, 6) is -0.334. The fourth-order valence-corrected chi connectivity index (χ4v) is 3.21. The molecule has 1 aromatic carbocycles. The summed E-state index contributed by atoms with van der Waals surface area (Å²) in [6.07, 6.45) is -3.81. The zero-order valence-electron chi connectivity index (χ0n) is 12.9. The molecule has 2 N–H and O–H groups in total. The van der Waals surface area contributed by atoms with Crippen LogP contribution in [0.1, 0.15) is 37.0 Å². The van der Waals surface area contributed by atoms with E-state index in [1.807, 2.05) is 13.8 Å². The molecule has 7 heteroatoms. The fourth-order valence-electron chi connectivity index (χ4n) is 3.21. The molecule has 1 amide bonds. The largest absolute Gasteiger partial charge is 0.418 e. The predicted octanol–water partition coefficient (Wildman–Crippen LogP) is 2.84. The number of nitrogens with zero attached hydrogens (tertiary/aromatic N) is 2. The molecule has 0 bridgehead atoms. The molecule has 0 saturated carbocycles. The minimum Gasteiger partial charge on any atom is -0.368 e. The summed E-state index contributed by atoms with van der Waals surface area (Å²) in [7, 11) is 0. The topological polar surface area (TPSA) is 70.1 Å². The maximum absolute atomic E-state index is 13.4. The summed E-state index contributed by atoms with van der Waals surface area (Å²) in [4.78, 5) is 12.9. The van der Waals surface area contributed by atoms with Crippen LogP contribution in [-0.2, 0) is 17.4 Å². The van der Waals surface area contributed by atoms with E-state index in [0.29, 0.717) is 12.1 Å². The number of alkyl halides is 3. The van der Waals surface area contributed by atoms with E-state index in [4.69, 9.17) is 11.0 Å². The van der Waals surface area contributed by atoms with Gasteiger partial charge in [-0.1, -0.05) is 13.8 Å². The van der Waals surface area contributed by atoms with Crippen LogP contribution in [0.25, 0.3) is 0 Å². The number of halogens is 3. The third kappa shape index (κ3) is 3.41. The van der Waals surface area contributed by atoms with Crippen molar-refractivity contribution in [1.29, 1.82) is 5.26 Å². The molecule has 0 aromatic heterocycles. The third-order valence-corrected chi connectivity index (χ3v) is 3.95. The van der Waals surface area contributed by atoms with Crippen molar-refractivity contribution in [3.8, 4) is 6.07 Å². The van der Waals surface area contributed by atoms with Crippen molar-refractivity contribution in [2.24, 2.45) is 11.7 Å². The van der Waals surface area contributed by atoms with Crippen molar-refractivity contribution in [1.82, 2.24) is 0 Å². The number of nitriles is 1. The lowest BCUT2D eigenvalue weighted by Crippen LogP contribution is -2.39. The van der Waals surface area contributed by atoms with E-state index >= 15 is 0 Å². The fraction of sp³-hybridized carbons (Fsp3) is 0.500. The van der Waals surface area contributed by atoms with Gasteiger partial charge in [0.25, 0.3) is 0 Å². The van der Waals surface area contributed by atoms with E-state index in [2.05, 4.69) is 0 Å². The van der Waals surface area contributed by atoms with Gasteiger partial charge in [-0.3, -0.25) is 4.79 Å². The SMILES string of the molecule is CC(C)CC1Cc2c(ccc(C#N)c2C(F)(F)F)N1CC(N)=O. The highest BCUT2D eigenvalue weighted by Gasteiger charge is 2.42. The first-order chi connectivity index (χ1) is 10.6. The van der Waals surface area contributed by atoms with Crippen LogP contribution in [0, 0.1) is 17.2 Å². The summed E-state index contributed by atoms with van der Waals surface area (Å²) < 4.78 is 40.2. The molecule has 1 aliphatic rings. The second-order valence-corrected chi connectivity index (χ2v) is 6.18. The first-order valence-corrected chi connectivity index (χ1v) is 7.33. The Morgan fingerprint density at radius 2 is 2.13 bits per heavy atom. The Hall–Kier alpha value is -2.23. The van der Waals surface area contributed by atoms with Crippen LogP contribution in [0.2, 0.25) is 0 Å². The molecule has 124 valence electrons. The summed E-state index contributed by atoms with van der Waals surface area (Å²) in [6.45, 7) is 3.81. The van der Waals surface area contributed by atoms with Crippen molar-refractivity contribution in [3.05, 3.63) is 28.8 Å². The van der Waals surface area contributed by atoms with E-state index in [-0.39, 0.29) is 36.1 Å².